The molecule has 0 amide bonds. The normalized spacial score (nSPS) is 9.87. The fourth-order valence-corrected chi connectivity index (χ4v) is 1.05. The zero-order valence-electron chi connectivity index (χ0n) is 8.00. The fourth-order valence-electron chi connectivity index (χ4n) is 0.766. The van der Waals surface area contributed by atoms with Crippen LogP contribution in [0.1, 0.15) is 5.56 Å². The van der Waals surface area contributed by atoms with E-state index in [0.29, 0.717) is 5.56 Å². The third-order valence-electron chi connectivity index (χ3n) is 1.35. The number of hydrogen-bond donors (Lipinski definition) is 0. The second kappa shape index (κ2) is 6.10. The van der Waals surface area contributed by atoms with Gasteiger partial charge in [-0.15, -0.1) is 0 Å². The Hall–Kier alpha value is -0.580. The summed E-state index contributed by atoms with van der Waals surface area (Å²) in [5.74, 6) is -0.665. The summed E-state index contributed by atoms with van der Waals surface area (Å²) in [6, 6.07) is 7.66. The number of ether oxygens (including phenoxy) is 1. The molecule has 0 atom stereocenters. The Kier molecular flexibility index (Phi) is 5.87. The Labute approximate surface area is 110 Å². The van der Waals surface area contributed by atoms with Gasteiger partial charge >= 0.3 is 29.6 Å². The Morgan fingerprint density at radius 1 is 1.33 bits per heavy atom. The second-order valence-corrected chi connectivity index (χ2v) is 3.81. The van der Waals surface area contributed by atoms with Crippen LogP contribution in [0.25, 0.3) is 0 Å². The van der Waals surface area contributed by atoms with Gasteiger partial charge in [0.05, 0.1) is 11.6 Å². The SMILES string of the molecule is N#Cc1ccc(OCS(=O)(=O)[O-])cc1.[Na+]. The number of nitriles is 1. The maximum Gasteiger partial charge on any atom is 1.00 e. The monoisotopic (exact) mass is 235 g/mol. The van der Waals surface area contributed by atoms with Crippen molar-refractivity contribution in [1.29, 1.82) is 5.26 Å². The van der Waals surface area contributed by atoms with Gasteiger partial charge in [-0.2, -0.15) is 5.26 Å². The van der Waals surface area contributed by atoms with Crippen LogP contribution < -0.4 is 34.3 Å². The summed E-state index contributed by atoms with van der Waals surface area (Å²) in [4.78, 5) is 0. The van der Waals surface area contributed by atoms with Crippen molar-refractivity contribution >= 4 is 10.1 Å². The quantitative estimate of drug-likeness (QED) is 0.425. The van der Waals surface area contributed by atoms with Gasteiger partial charge < -0.3 is 9.29 Å². The minimum absolute atomic E-state index is 0. The van der Waals surface area contributed by atoms with Crippen LogP contribution in [-0.4, -0.2) is 18.9 Å². The van der Waals surface area contributed by atoms with Gasteiger partial charge in [0.1, 0.15) is 15.9 Å². The van der Waals surface area contributed by atoms with Crippen molar-refractivity contribution in [2.75, 3.05) is 5.94 Å². The molecule has 0 radical (unpaired) electrons. The molecule has 0 aliphatic heterocycles. The molecule has 7 heteroatoms. The van der Waals surface area contributed by atoms with E-state index in [1.54, 1.807) is 0 Å². The first kappa shape index (κ1) is 14.4. The van der Waals surface area contributed by atoms with Gasteiger partial charge in [0, 0.05) is 0 Å². The van der Waals surface area contributed by atoms with Crippen molar-refractivity contribution in [3.8, 4) is 11.8 Å². The Balaban J connectivity index is 0.00000196. The van der Waals surface area contributed by atoms with Crippen LogP contribution in [0.4, 0.5) is 0 Å². The van der Waals surface area contributed by atoms with Crippen molar-refractivity contribution in [1.82, 2.24) is 0 Å². The minimum atomic E-state index is -4.38. The third kappa shape index (κ3) is 5.77. The van der Waals surface area contributed by atoms with Crippen molar-refractivity contribution in [2.24, 2.45) is 0 Å². The van der Waals surface area contributed by atoms with Gasteiger partial charge in [-0.25, -0.2) is 8.42 Å². The van der Waals surface area contributed by atoms with Gasteiger partial charge in [-0.05, 0) is 24.3 Å². The molecule has 0 heterocycles. The van der Waals surface area contributed by atoms with Crippen LogP contribution >= 0.6 is 0 Å². The van der Waals surface area contributed by atoms with Crippen LogP contribution in [0.3, 0.4) is 0 Å². The average molecular weight is 235 g/mol. The fraction of sp³-hybridized carbons (Fsp3) is 0.125. The molecule has 0 aliphatic carbocycles. The largest absolute Gasteiger partial charge is 1.00 e. The molecular weight excluding hydrogens is 229 g/mol. The summed E-state index contributed by atoms with van der Waals surface area (Å²) >= 11 is 0. The maximum atomic E-state index is 10.2. The predicted octanol–water partition coefficient (Wildman–Crippen LogP) is -2.56. The Morgan fingerprint density at radius 3 is 2.27 bits per heavy atom. The number of hydrogen-bond acceptors (Lipinski definition) is 5. The van der Waals surface area contributed by atoms with E-state index in [4.69, 9.17) is 5.26 Å². The first-order valence-electron chi connectivity index (χ1n) is 3.58. The third-order valence-corrected chi connectivity index (χ3v) is 1.76. The molecular formula is C8H6NNaO4S. The van der Waals surface area contributed by atoms with E-state index < -0.39 is 16.1 Å². The molecule has 0 fully saturated rings. The van der Waals surface area contributed by atoms with Crippen LogP contribution in [0.2, 0.25) is 0 Å². The van der Waals surface area contributed by atoms with E-state index in [0.717, 1.165) is 0 Å². The molecule has 74 valence electrons. The summed E-state index contributed by atoms with van der Waals surface area (Å²) in [5, 5.41) is 8.45. The zero-order valence-corrected chi connectivity index (χ0v) is 10.8. The zero-order chi connectivity index (χ0) is 10.6. The van der Waals surface area contributed by atoms with Gasteiger partial charge in [-0.1, -0.05) is 0 Å². The summed E-state index contributed by atoms with van der Waals surface area (Å²) < 4.78 is 35.2. The van der Waals surface area contributed by atoms with Crippen LogP contribution in [0.5, 0.6) is 5.75 Å². The minimum Gasteiger partial charge on any atom is -0.745 e. The summed E-state index contributed by atoms with van der Waals surface area (Å²) in [6.07, 6.45) is 0. The van der Waals surface area contributed by atoms with E-state index in [1.165, 1.54) is 24.3 Å². The van der Waals surface area contributed by atoms with Crippen molar-refractivity contribution in [3.63, 3.8) is 0 Å². The molecule has 0 aromatic heterocycles. The molecule has 1 rings (SSSR count). The molecule has 5 nitrogen and oxygen atoms in total. The van der Waals surface area contributed by atoms with Gasteiger partial charge in [0.25, 0.3) is 0 Å². The van der Waals surface area contributed by atoms with Crippen LogP contribution in [0.15, 0.2) is 24.3 Å². The number of rotatable bonds is 3. The van der Waals surface area contributed by atoms with E-state index in [-0.39, 0.29) is 35.3 Å². The Bertz CT molecular complexity index is 449. The van der Waals surface area contributed by atoms with Gasteiger partial charge in [-0.3, -0.25) is 0 Å². The molecule has 0 saturated heterocycles. The smallest absolute Gasteiger partial charge is 0.745 e. The van der Waals surface area contributed by atoms with Gasteiger partial charge in [0.2, 0.25) is 0 Å². The molecule has 0 aliphatic rings. The van der Waals surface area contributed by atoms with E-state index in [9.17, 15) is 13.0 Å². The van der Waals surface area contributed by atoms with E-state index >= 15 is 0 Å². The van der Waals surface area contributed by atoms with E-state index in [1.807, 2.05) is 6.07 Å². The first-order chi connectivity index (χ1) is 6.51. The molecule has 0 saturated carbocycles. The number of benzene rings is 1. The van der Waals surface area contributed by atoms with Crippen molar-refractivity contribution in [2.45, 2.75) is 0 Å². The molecule has 1 aromatic carbocycles. The first-order valence-corrected chi connectivity index (χ1v) is 5.15. The van der Waals surface area contributed by atoms with Crippen LogP contribution in [-0.2, 0) is 10.1 Å². The predicted molar refractivity (Wildman–Crippen MR) is 46.3 cm³/mol. The van der Waals surface area contributed by atoms with Gasteiger partial charge in [0.15, 0.2) is 5.94 Å². The molecule has 0 N–H and O–H groups in total. The second-order valence-electron chi connectivity index (χ2n) is 2.46. The number of nitrogens with zero attached hydrogens (tertiary/aromatic N) is 1. The standard InChI is InChI=1S/C8H7NO4S.Na/c9-5-7-1-3-8(4-2-7)13-6-14(10,11)12;/h1-4H,6H2,(H,10,11,12);/q;+1/p-1. The van der Waals surface area contributed by atoms with Crippen molar-refractivity contribution < 1.29 is 47.3 Å². The van der Waals surface area contributed by atoms with Crippen molar-refractivity contribution in [3.05, 3.63) is 29.8 Å². The topological polar surface area (TPSA) is 90.2 Å². The summed E-state index contributed by atoms with van der Waals surface area (Å²) in [6.45, 7) is 0. The molecule has 0 unspecified atom stereocenters. The summed E-state index contributed by atoms with van der Waals surface area (Å²) in [5.41, 5.74) is 0.433. The average Bonchev–Trinajstić information content (AvgIpc) is 2.14. The molecule has 1 aromatic rings. The molecule has 0 bridgehead atoms. The molecule has 15 heavy (non-hydrogen) atoms. The van der Waals surface area contributed by atoms with Crippen LogP contribution in [0, 0.1) is 11.3 Å². The van der Waals surface area contributed by atoms with E-state index in [2.05, 4.69) is 4.74 Å². The maximum absolute atomic E-state index is 10.2. The summed E-state index contributed by atoms with van der Waals surface area (Å²) in [7, 11) is -4.38. The Morgan fingerprint density at radius 2 is 1.87 bits per heavy atom. The molecule has 0 spiro atoms.